The van der Waals surface area contributed by atoms with Crippen LogP contribution in [-0.2, 0) is 13.5 Å². The van der Waals surface area contributed by atoms with Crippen LogP contribution in [0.15, 0.2) is 36.4 Å². The first-order valence-electron chi connectivity index (χ1n) is 9.12. The number of fused-ring (bicyclic) bond motifs is 1. The van der Waals surface area contributed by atoms with Crippen molar-refractivity contribution in [1.82, 2.24) is 14.9 Å². The number of aromatic nitrogens is 2. The van der Waals surface area contributed by atoms with E-state index in [0.29, 0.717) is 35.5 Å². The van der Waals surface area contributed by atoms with Crippen LogP contribution < -0.4 is 14.8 Å². The number of imidazole rings is 1. The SMILES string of the molecule is COc1ccc(C(=O)NCCc2nc3cc(F)ccc3n2C)c(OC(C)C)c1. The van der Waals surface area contributed by atoms with Gasteiger partial charge in [0, 0.05) is 32.1 Å². The van der Waals surface area contributed by atoms with Crippen LogP contribution in [0.5, 0.6) is 11.5 Å². The van der Waals surface area contributed by atoms with Crippen molar-refractivity contribution in [2.45, 2.75) is 26.4 Å². The Morgan fingerprint density at radius 3 is 2.75 bits per heavy atom. The van der Waals surface area contributed by atoms with Crippen LogP contribution >= 0.6 is 0 Å². The molecule has 0 bridgehead atoms. The highest BCUT2D eigenvalue weighted by Crippen LogP contribution is 2.26. The first-order chi connectivity index (χ1) is 13.4. The molecule has 0 saturated heterocycles. The minimum Gasteiger partial charge on any atom is -0.497 e. The number of nitrogens with one attached hydrogen (secondary N) is 1. The molecular weight excluding hydrogens is 361 g/mol. The van der Waals surface area contributed by atoms with Crippen LogP contribution in [0.3, 0.4) is 0 Å². The molecule has 1 N–H and O–H groups in total. The molecule has 3 rings (SSSR count). The molecule has 148 valence electrons. The van der Waals surface area contributed by atoms with Gasteiger partial charge in [-0.05, 0) is 38.1 Å². The zero-order chi connectivity index (χ0) is 20.3. The van der Waals surface area contributed by atoms with E-state index in [9.17, 15) is 9.18 Å². The molecule has 0 spiro atoms. The molecule has 0 aliphatic heterocycles. The van der Waals surface area contributed by atoms with Crippen molar-refractivity contribution in [3.8, 4) is 11.5 Å². The van der Waals surface area contributed by atoms with Crippen LogP contribution in [0.1, 0.15) is 30.0 Å². The third-order valence-corrected chi connectivity index (χ3v) is 4.37. The summed E-state index contributed by atoms with van der Waals surface area (Å²) >= 11 is 0. The summed E-state index contributed by atoms with van der Waals surface area (Å²) in [6.45, 7) is 4.19. The summed E-state index contributed by atoms with van der Waals surface area (Å²) < 4.78 is 26.2. The number of methoxy groups -OCH3 is 1. The maximum absolute atomic E-state index is 13.4. The number of ether oxygens (including phenoxy) is 2. The topological polar surface area (TPSA) is 65.4 Å². The van der Waals surface area contributed by atoms with Crippen molar-refractivity contribution in [1.29, 1.82) is 0 Å². The van der Waals surface area contributed by atoms with E-state index >= 15 is 0 Å². The molecule has 0 atom stereocenters. The molecule has 28 heavy (non-hydrogen) atoms. The number of carbonyl (C=O) groups is 1. The van der Waals surface area contributed by atoms with Crippen molar-refractivity contribution in [2.24, 2.45) is 7.05 Å². The van der Waals surface area contributed by atoms with E-state index in [4.69, 9.17) is 9.47 Å². The normalized spacial score (nSPS) is 11.1. The van der Waals surface area contributed by atoms with Crippen molar-refractivity contribution in [3.63, 3.8) is 0 Å². The lowest BCUT2D eigenvalue weighted by Gasteiger charge is -2.15. The van der Waals surface area contributed by atoms with Gasteiger partial charge in [0.2, 0.25) is 0 Å². The number of nitrogens with zero attached hydrogens (tertiary/aromatic N) is 2. The Bertz CT molecular complexity index is 998. The fourth-order valence-corrected chi connectivity index (χ4v) is 3.00. The Hall–Kier alpha value is -3.09. The molecule has 0 fully saturated rings. The van der Waals surface area contributed by atoms with E-state index in [1.165, 1.54) is 12.1 Å². The van der Waals surface area contributed by atoms with Gasteiger partial charge in [-0.25, -0.2) is 9.37 Å². The van der Waals surface area contributed by atoms with Gasteiger partial charge in [-0.3, -0.25) is 4.79 Å². The van der Waals surface area contributed by atoms with Crippen LogP contribution in [0.2, 0.25) is 0 Å². The Labute approximate surface area is 163 Å². The van der Waals surface area contributed by atoms with Crippen LogP contribution in [0.25, 0.3) is 11.0 Å². The Kier molecular flexibility index (Phi) is 5.82. The van der Waals surface area contributed by atoms with Crippen molar-refractivity contribution >= 4 is 16.9 Å². The highest BCUT2D eigenvalue weighted by Gasteiger charge is 2.15. The predicted molar refractivity (Wildman–Crippen MR) is 105 cm³/mol. The summed E-state index contributed by atoms with van der Waals surface area (Å²) in [6.07, 6.45) is 0.453. The summed E-state index contributed by atoms with van der Waals surface area (Å²) in [6, 6.07) is 9.63. The monoisotopic (exact) mass is 385 g/mol. The van der Waals surface area contributed by atoms with E-state index in [-0.39, 0.29) is 17.8 Å². The lowest BCUT2D eigenvalue weighted by molar-refractivity contribution is 0.0948. The summed E-state index contributed by atoms with van der Waals surface area (Å²) in [5.74, 6) is 1.32. The van der Waals surface area contributed by atoms with Crippen molar-refractivity contribution < 1.29 is 18.7 Å². The maximum Gasteiger partial charge on any atom is 0.255 e. The fraction of sp³-hybridized carbons (Fsp3) is 0.333. The second kappa shape index (κ2) is 8.29. The Balaban J connectivity index is 1.70. The number of halogens is 1. The molecular formula is C21H24FN3O3. The predicted octanol–water partition coefficient (Wildman–Crippen LogP) is 3.48. The number of hydrogen-bond acceptors (Lipinski definition) is 4. The second-order valence-corrected chi connectivity index (χ2v) is 6.75. The standard InChI is InChI=1S/C21H24FN3O3/c1-13(2)28-19-12-15(27-4)6-7-16(19)21(26)23-10-9-20-24-17-11-14(22)5-8-18(17)25(20)3/h5-8,11-13H,9-10H2,1-4H3,(H,23,26). The molecule has 0 radical (unpaired) electrons. The third-order valence-electron chi connectivity index (χ3n) is 4.37. The number of amides is 1. The first-order valence-corrected chi connectivity index (χ1v) is 9.12. The molecule has 1 aromatic heterocycles. The van der Waals surface area contributed by atoms with E-state index in [1.807, 2.05) is 25.5 Å². The van der Waals surface area contributed by atoms with Crippen molar-refractivity contribution in [2.75, 3.05) is 13.7 Å². The summed E-state index contributed by atoms with van der Waals surface area (Å²) in [7, 11) is 3.44. The van der Waals surface area contributed by atoms with Gasteiger partial charge in [-0.2, -0.15) is 0 Å². The maximum atomic E-state index is 13.4. The lowest BCUT2D eigenvalue weighted by Crippen LogP contribution is -2.27. The summed E-state index contributed by atoms with van der Waals surface area (Å²) in [5.41, 5.74) is 1.90. The summed E-state index contributed by atoms with van der Waals surface area (Å²) in [5, 5.41) is 2.89. The molecule has 1 heterocycles. The second-order valence-electron chi connectivity index (χ2n) is 6.75. The molecule has 0 unspecified atom stereocenters. The number of rotatable bonds is 7. The molecule has 2 aromatic carbocycles. The van der Waals surface area contributed by atoms with Gasteiger partial charge in [0.15, 0.2) is 0 Å². The number of aryl methyl sites for hydroxylation is 1. The molecule has 6 nitrogen and oxygen atoms in total. The highest BCUT2D eigenvalue weighted by molar-refractivity contribution is 5.97. The number of benzene rings is 2. The van der Waals surface area contributed by atoms with E-state index in [2.05, 4.69) is 10.3 Å². The molecule has 0 aliphatic carbocycles. The molecule has 3 aromatic rings. The van der Waals surface area contributed by atoms with Gasteiger partial charge in [0.25, 0.3) is 5.91 Å². The average Bonchev–Trinajstić information content (AvgIpc) is 2.96. The zero-order valence-corrected chi connectivity index (χ0v) is 16.5. The minimum atomic E-state index is -0.317. The lowest BCUT2D eigenvalue weighted by atomic mass is 10.1. The molecule has 0 aliphatic rings. The van der Waals surface area contributed by atoms with Gasteiger partial charge in [0.1, 0.15) is 23.1 Å². The first kappa shape index (κ1) is 19.7. The van der Waals surface area contributed by atoms with Crippen LogP contribution in [0.4, 0.5) is 4.39 Å². The molecule has 1 amide bonds. The molecule has 0 saturated carbocycles. The fourth-order valence-electron chi connectivity index (χ4n) is 3.00. The van der Waals surface area contributed by atoms with E-state index in [0.717, 1.165) is 11.3 Å². The van der Waals surface area contributed by atoms with Crippen molar-refractivity contribution in [3.05, 3.63) is 53.6 Å². The average molecular weight is 385 g/mol. The number of carbonyl (C=O) groups excluding carboxylic acids is 1. The van der Waals surface area contributed by atoms with Gasteiger partial charge >= 0.3 is 0 Å². The van der Waals surface area contributed by atoms with Gasteiger partial charge in [-0.15, -0.1) is 0 Å². The quantitative estimate of drug-likeness (QED) is 0.676. The van der Waals surface area contributed by atoms with E-state index < -0.39 is 0 Å². The number of hydrogen-bond donors (Lipinski definition) is 1. The van der Waals surface area contributed by atoms with Gasteiger partial charge < -0.3 is 19.4 Å². The van der Waals surface area contributed by atoms with Gasteiger partial charge in [0.05, 0.1) is 29.8 Å². The van der Waals surface area contributed by atoms with Crippen LogP contribution in [0, 0.1) is 5.82 Å². The van der Waals surface area contributed by atoms with Crippen LogP contribution in [-0.4, -0.2) is 35.2 Å². The highest BCUT2D eigenvalue weighted by atomic mass is 19.1. The third kappa shape index (κ3) is 4.24. The van der Waals surface area contributed by atoms with E-state index in [1.54, 1.807) is 31.4 Å². The Morgan fingerprint density at radius 2 is 2.04 bits per heavy atom. The molecule has 7 heteroatoms. The summed E-state index contributed by atoms with van der Waals surface area (Å²) in [4.78, 5) is 17.1. The Morgan fingerprint density at radius 1 is 1.25 bits per heavy atom. The zero-order valence-electron chi connectivity index (χ0n) is 16.5. The largest absolute Gasteiger partial charge is 0.497 e. The smallest absolute Gasteiger partial charge is 0.255 e. The van der Waals surface area contributed by atoms with Gasteiger partial charge in [-0.1, -0.05) is 0 Å². The minimum absolute atomic E-state index is 0.0703.